The first-order valence-electron chi connectivity index (χ1n) is 6.64. The van der Waals surface area contributed by atoms with Crippen LogP contribution in [-0.4, -0.2) is 44.5 Å². The molecular weight excluding hydrogens is 298 g/mol. The summed E-state index contributed by atoms with van der Waals surface area (Å²) in [6, 6.07) is 1.48. The summed E-state index contributed by atoms with van der Waals surface area (Å²) in [5, 5.41) is 0.192. The Morgan fingerprint density at radius 3 is 2.60 bits per heavy atom. The average molecular weight is 318 g/mol. The van der Waals surface area contributed by atoms with E-state index in [9.17, 15) is 8.42 Å². The first kappa shape index (κ1) is 15.7. The lowest BCUT2D eigenvalue weighted by Crippen LogP contribution is -2.50. The zero-order chi connectivity index (χ0) is 14.8. The molecule has 5 nitrogen and oxygen atoms in total. The molecule has 0 saturated heterocycles. The van der Waals surface area contributed by atoms with Crippen molar-refractivity contribution >= 4 is 21.6 Å². The van der Waals surface area contributed by atoms with Crippen LogP contribution in [0, 0.1) is 0 Å². The monoisotopic (exact) mass is 317 g/mol. The van der Waals surface area contributed by atoms with E-state index >= 15 is 0 Å². The fourth-order valence-corrected chi connectivity index (χ4v) is 4.23. The van der Waals surface area contributed by atoms with Crippen LogP contribution in [0.25, 0.3) is 0 Å². The lowest BCUT2D eigenvalue weighted by Gasteiger charge is -2.36. The van der Waals surface area contributed by atoms with Gasteiger partial charge < -0.3 is 4.90 Å². The quantitative estimate of drug-likeness (QED) is 0.901. The number of rotatable bonds is 5. The van der Waals surface area contributed by atoms with Gasteiger partial charge in [-0.05, 0) is 33.0 Å². The first-order valence-corrected chi connectivity index (χ1v) is 8.50. The summed E-state index contributed by atoms with van der Waals surface area (Å²) < 4.78 is 27.3. The highest BCUT2D eigenvalue weighted by molar-refractivity contribution is 7.89. The smallest absolute Gasteiger partial charge is 0.243 e. The van der Waals surface area contributed by atoms with Gasteiger partial charge in [0.25, 0.3) is 0 Å². The average Bonchev–Trinajstić information content (AvgIpc) is 2.87. The Hall–Kier alpha value is -0.690. The highest BCUT2D eigenvalue weighted by Crippen LogP contribution is 2.33. The molecule has 1 aliphatic carbocycles. The molecule has 0 amide bonds. The Labute approximate surface area is 125 Å². The van der Waals surface area contributed by atoms with Crippen molar-refractivity contribution in [3.8, 4) is 0 Å². The number of likely N-dealkylation sites (N-methyl/N-ethyl adjacent to an activating group) is 1. The first-order chi connectivity index (χ1) is 9.37. The van der Waals surface area contributed by atoms with E-state index in [1.165, 1.54) is 18.5 Å². The molecule has 1 aromatic rings. The Morgan fingerprint density at radius 2 is 2.05 bits per heavy atom. The third-order valence-electron chi connectivity index (χ3n) is 4.10. The predicted octanol–water partition coefficient (Wildman–Crippen LogP) is 1.89. The van der Waals surface area contributed by atoms with Crippen molar-refractivity contribution in [1.82, 2.24) is 14.6 Å². The normalized spacial score (nSPS) is 18.6. The molecule has 0 bridgehead atoms. The standard InChI is InChI=1S/C13H20ClN3O2S/c1-17(2)13(6-3-4-7-13)10-16-20(18,19)12-9-15-8-5-11(12)14/h5,8-9,16H,3-4,6-7,10H2,1-2H3. The maximum absolute atomic E-state index is 12.3. The number of pyridine rings is 1. The van der Waals surface area contributed by atoms with E-state index in [1.807, 2.05) is 14.1 Å². The van der Waals surface area contributed by atoms with Crippen molar-refractivity contribution in [2.45, 2.75) is 36.1 Å². The van der Waals surface area contributed by atoms with Gasteiger partial charge in [-0.15, -0.1) is 0 Å². The van der Waals surface area contributed by atoms with Crippen LogP contribution >= 0.6 is 11.6 Å². The fourth-order valence-electron chi connectivity index (χ4n) is 2.68. The highest BCUT2D eigenvalue weighted by atomic mass is 35.5. The third-order valence-corrected chi connectivity index (χ3v) is 5.97. The van der Waals surface area contributed by atoms with Crippen LogP contribution in [0.4, 0.5) is 0 Å². The minimum absolute atomic E-state index is 0.0357. The second-order valence-corrected chi connectivity index (χ2v) is 7.60. The molecule has 0 atom stereocenters. The van der Waals surface area contributed by atoms with Gasteiger partial charge in [0.1, 0.15) is 4.90 Å². The van der Waals surface area contributed by atoms with Gasteiger partial charge in [0.05, 0.1) is 5.02 Å². The number of sulfonamides is 1. The highest BCUT2D eigenvalue weighted by Gasteiger charge is 2.37. The van der Waals surface area contributed by atoms with Crippen LogP contribution < -0.4 is 4.72 Å². The Morgan fingerprint density at radius 1 is 1.40 bits per heavy atom. The molecule has 1 saturated carbocycles. The Kier molecular flexibility index (Phi) is 4.69. The molecule has 0 aliphatic heterocycles. The molecule has 2 rings (SSSR count). The summed E-state index contributed by atoms with van der Waals surface area (Å²) >= 11 is 5.93. The van der Waals surface area contributed by atoms with Crippen LogP contribution in [0.5, 0.6) is 0 Å². The van der Waals surface area contributed by atoms with Crippen LogP contribution in [0.2, 0.25) is 5.02 Å². The minimum atomic E-state index is -3.62. The number of hydrogen-bond acceptors (Lipinski definition) is 4. The van der Waals surface area contributed by atoms with Crippen LogP contribution in [0.15, 0.2) is 23.4 Å². The number of halogens is 1. The number of nitrogens with one attached hydrogen (secondary N) is 1. The van der Waals surface area contributed by atoms with Crippen LogP contribution in [-0.2, 0) is 10.0 Å². The van der Waals surface area contributed by atoms with Gasteiger partial charge in [-0.2, -0.15) is 0 Å². The molecule has 0 aromatic carbocycles. The zero-order valence-corrected chi connectivity index (χ0v) is 13.3. The van der Waals surface area contributed by atoms with E-state index in [2.05, 4.69) is 14.6 Å². The summed E-state index contributed by atoms with van der Waals surface area (Å²) in [7, 11) is 0.372. The molecule has 1 aromatic heterocycles. The molecule has 1 fully saturated rings. The van der Waals surface area contributed by atoms with Gasteiger partial charge in [0.15, 0.2) is 0 Å². The molecule has 1 heterocycles. The number of aromatic nitrogens is 1. The Balaban J connectivity index is 2.15. The van der Waals surface area contributed by atoms with E-state index in [1.54, 1.807) is 0 Å². The predicted molar refractivity (Wildman–Crippen MR) is 79.3 cm³/mol. The van der Waals surface area contributed by atoms with Crippen LogP contribution in [0.1, 0.15) is 25.7 Å². The van der Waals surface area contributed by atoms with Crippen LogP contribution in [0.3, 0.4) is 0 Å². The van der Waals surface area contributed by atoms with E-state index in [4.69, 9.17) is 11.6 Å². The topological polar surface area (TPSA) is 62.3 Å². The maximum Gasteiger partial charge on any atom is 0.243 e. The number of nitrogens with zero attached hydrogens (tertiary/aromatic N) is 2. The number of hydrogen-bond donors (Lipinski definition) is 1. The van der Waals surface area contributed by atoms with E-state index in [0.717, 1.165) is 25.7 Å². The van der Waals surface area contributed by atoms with Gasteiger partial charge in [0, 0.05) is 24.5 Å². The lowest BCUT2D eigenvalue weighted by atomic mass is 9.97. The largest absolute Gasteiger partial charge is 0.302 e. The van der Waals surface area contributed by atoms with Crippen molar-refractivity contribution < 1.29 is 8.42 Å². The summed E-state index contributed by atoms with van der Waals surface area (Å²) in [5.41, 5.74) is -0.0955. The van der Waals surface area contributed by atoms with Gasteiger partial charge in [0.2, 0.25) is 10.0 Å². The van der Waals surface area contributed by atoms with Gasteiger partial charge >= 0.3 is 0 Å². The van der Waals surface area contributed by atoms with Crippen molar-refractivity contribution in [2.75, 3.05) is 20.6 Å². The summed E-state index contributed by atoms with van der Waals surface area (Å²) in [5.74, 6) is 0. The summed E-state index contributed by atoms with van der Waals surface area (Å²) in [6.45, 7) is 0.396. The second kappa shape index (κ2) is 5.97. The molecule has 20 heavy (non-hydrogen) atoms. The second-order valence-electron chi connectivity index (χ2n) is 5.46. The van der Waals surface area contributed by atoms with Crippen molar-refractivity contribution in [1.29, 1.82) is 0 Å². The van der Waals surface area contributed by atoms with E-state index < -0.39 is 10.0 Å². The fraction of sp³-hybridized carbons (Fsp3) is 0.615. The molecule has 1 aliphatic rings. The third kappa shape index (κ3) is 3.14. The maximum atomic E-state index is 12.3. The lowest BCUT2D eigenvalue weighted by molar-refractivity contribution is 0.162. The molecule has 7 heteroatoms. The van der Waals surface area contributed by atoms with Crippen molar-refractivity contribution in [3.05, 3.63) is 23.5 Å². The van der Waals surface area contributed by atoms with E-state index in [-0.39, 0.29) is 15.5 Å². The van der Waals surface area contributed by atoms with Crippen molar-refractivity contribution in [3.63, 3.8) is 0 Å². The van der Waals surface area contributed by atoms with Crippen molar-refractivity contribution in [2.24, 2.45) is 0 Å². The molecule has 0 unspecified atom stereocenters. The molecule has 112 valence electrons. The SMILES string of the molecule is CN(C)C1(CNS(=O)(=O)c2cnccc2Cl)CCCC1. The molecular formula is C13H20ClN3O2S. The molecule has 1 N–H and O–H groups in total. The summed E-state index contributed by atoms with van der Waals surface area (Å²) in [6.07, 6.45) is 7.02. The molecule has 0 spiro atoms. The van der Waals surface area contributed by atoms with Gasteiger partial charge in [-0.3, -0.25) is 4.98 Å². The van der Waals surface area contributed by atoms with Gasteiger partial charge in [-0.25, -0.2) is 13.1 Å². The summed E-state index contributed by atoms with van der Waals surface area (Å²) in [4.78, 5) is 5.98. The minimum Gasteiger partial charge on any atom is -0.302 e. The van der Waals surface area contributed by atoms with E-state index in [0.29, 0.717) is 6.54 Å². The Bertz CT molecular complexity index is 569. The van der Waals surface area contributed by atoms with Gasteiger partial charge in [-0.1, -0.05) is 24.4 Å². The molecule has 0 radical (unpaired) electrons. The zero-order valence-electron chi connectivity index (χ0n) is 11.8.